The number of hydrogen-bond acceptors (Lipinski definition) is 3. The molecule has 1 aromatic rings. The van der Waals surface area contributed by atoms with E-state index in [-0.39, 0.29) is 18.2 Å². The van der Waals surface area contributed by atoms with Gasteiger partial charge in [-0.05, 0) is 42.9 Å². The maximum absolute atomic E-state index is 12.5. The standard InChI is InChI=1S/C14H19F3N2O/c15-14(16,17)11-4-5-13(12(18)6-11)19-7-9-2-1-3-10(9)8-20/h4-6,9-10,19-20H,1-3,7-8,18H2. The van der Waals surface area contributed by atoms with Gasteiger partial charge in [-0.3, -0.25) is 0 Å². The number of anilines is 2. The number of benzene rings is 1. The Balaban J connectivity index is 2.00. The Hall–Kier alpha value is -1.43. The van der Waals surface area contributed by atoms with Crippen LogP contribution < -0.4 is 11.1 Å². The van der Waals surface area contributed by atoms with Crippen LogP contribution in [0.1, 0.15) is 24.8 Å². The van der Waals surface area contributed by atoms with Gasteiger partial charge in [0.2, 0.25) is 0 Å². The Morgan fingerprint density at radius 3 is 2.55 bits per heavy atom. The largest absolute Gasteiger partial charge is 0.416 e. The van der Waals surface area contributed by atoms with E-state index in [2.05, 4.69) is 5.32 Å². The van der Waals surface area contributed by atoms with Crippen molar-refractivity contribution in [3.8, 4) is 0 Å². The summed E-state index contributed by atoms with van der Waals surface area (Å²) in [5.41, 5.74) is 5.53. The summed E-state index contributed by atoms with van der Waals surface area (Å²) in [6.07, 6.45) is -1.26. The fraction of sp³-hybridized carbons (Fsp3) is 0.571. The zero-order chi connectivity index (χ0) is 14.8. The number of rotatable bonds is 4. The minimum atomic E-state index is -4.37. The van der Waals surface area contributed by atoms with Crippen molar-refractivity contribution in [2.45, 2.75) is 25.4 Å². The van der Waals surface area contributed by atoms with Crippen molar-refractivity contribution < 1.29 is 18.3 Å². The highest BCUT2D eigenvalue weighted by molar-refractivity contribution is 5.67. The Morgan fingerprint density at radius 1 is 1.25 bits per heavy atom. The third-order valence-electron chi connectivity index (χ3n) is 3.98. The molecular weight excluding hydrogens is 269 g/mol. The lowest BCUT2D eigenvalue weighted by atomic mass is 9.97. The van der Waals surface area contributed by atoms with E-state index in [1.165, 1.54) is 6.07 Å². The number of aliphatic hydroxyl groups is 1. The summed E-state index contributed by atoms with van der Waals surface area (Å²) in [4.78, 5) is 0. The van der Waals surface area contributed by atoms with Gasteiger partial charge in [-0.1, -0.05) is 6.42 Å². The van der Waals surface area contributed by atoms with E-state index in [4.69, 9.17) is 5.73 Å². The summed E-state index contributed by atoms with van der Waals surface area (Å²) in [6, 6.07) is 3.33. The molecule has 1 saturated carbocycles. The molecule has 2 rings (SSSR count). The highest BCUT2D eigenvalue weighted by atomic mass is 19.4. The molecule has 1 aromatic carbocycles. The van der Waals surface area contributed by atoms with Crippen LogP contribution in [0.5, 0.6) is 0 Å². The molecule has 6 heteroatoms. The Labute approximate surface area is 116 Å². The van der Waals surface area contributed by atoms with Crippen LogP contribution in [-0.4, -0.2) is 18.3 Å². The number of aliphatic hydroxyl groups excluding tert-OH is 1. The third kappa shape index (κ3) is 3.36. The molecule has 2 atom stereocenters. The lowest BCUT2D eigenvalue weighted by Gasteiger charge is -2.19. The van der Waals surface area contributed by atoms with E-state index in [0.29, 0.717) is 18.2 Å². The van der Waals surface area contributed by atoms with E-state index < -0.39 is 11.7 Å². The normalized spacial score (nSPS) is 23.0. The van der Waals surface area contributed by atoms with Crippen LogP contribution in [0.2, 0.25) is 0 Å². The SMILES string of the molecule is Nc1cc(C(F)(F)F)ccc1NCC1CCCC1CO. The topological polar surface area (TPSA) is 58.3 Å². The summed E-state index contributed by atoms with van der Waals surface area (Å²) >= 11 is 0. The van der Waals surface area contributed by atoms with Gasteiger partial charge in [-0.25, -0.2) is 0 Å². The quantitative estimate of drug-likeness (QED) is 0.746. The van der Waals surface area contributed by atoms with Crippen LogP contribution >= 0.6 is 0 Å². The van der Waals surface area contributed by atoms with Gasteiger partial charge in [0.25, 0.3) is 0 Å². The van der Waals surface area contributed by atoms with Gasteiger partial charge in [0.1, 0.15) is 0 Å². The zero-order valence-electron chi connectivity index (χ0n) is 11.1. The third-order valence-corrected chi connectivity index (χ3v) is 3.98. The van der Waals surface area contributed by atoms with E-state index in [0.717, 1.165) is 31.4 Å². The molecule has 1 fully saturated rings. The number of halogens is 3. The molecule has 0 saturated heterocycles. The first-order valence-corrected chi connectivity index (χ1v) is 6.73. The van der Waals surface area contributed by atoms with Crippen LogP contribution in [0, 0.1) is 11.8 Å². The van der Waals surface area contributed by atoms with Crippen molar-refractivity contribution in [3.05, 3.63) is 23.8 Å². The van der Waals surface area contributed by atoms with E-state index in [1.807, 2.05) is 0 Å². The Morgan fingerprint density at radius 2 is 1.95 bits per heavy atom. The summed E-state index contributed by atoms with van der Waals surface area (Å²) < 4.78 is 37.6. The maximum Gasteiger partial charge on any atom is 0.416 e. The van der Waals surface area contributed by atoms with Gasteiger partial charge >= 0.3 is 6.18 Å². The molecule has 3 nitrogen and oxygen atoms in total. The number of nitrogens with one attached hydrogen (secondary N) is 1. The van der Waals surface area contributed by atoms with Crippen molar-refractivity contribution in [1.29, 1.82) is 0 Å². The predicted molar refractivity (Wildman–Crippen MR) is 72.3 cm³/mol. The lowest BCUT2D eigenvalue weighted by molar-refractivity contribution is -0.137. The Bertz CT molecular complexity index is 462. The number of nitrogen functional groups attached to an aromatic ring is 1. The zero-order valence-corrected chi connectivity index (χ0v) is 11.1. The molecule has 0 radical (unpaired) electrons. The van der Waals surface area contributed by atoms with Crippen LogP contribution in [0.25, 0.3) is 0 Å². The van der Waals surface area contributed by atoms with Gasteiger partial charge in [-0.2, -0.15) is 13.2 Å². The van der Waals surface area contributed by atoms with Gasteiger partial charge in [0.05, 0.1) is 16.9 Å². The van der Waals surface area contributed by atoms with Crippen molar-refractivity contribution in [2.75, 3.05) is 24.2 Å². The number of alkyl halides is 3. The molecule has 0 spiro atoms. The van der Waals surface area contributed by atoms with Gasteiger partial charge in [0, 0.05) is 13.2 Å². The van der Waals surface area contributed by atoms with E-state index >= 15 is 0 Å². The molecule has 0 aromatic heterocycles. The van der Waals surface area contributed by atoms with Crippen LogP contribution in [-0.2, 0) is 6.18 Å². The molecule has 1 aliphatic rings. The molecular formula is C14H19F3N2O. The van der Waals surface area contributed by atoms with Crippen molar-refractivity contribution in [1.82, 2.24) is 0 Å². The molecule has 2 unspecified atom stereocenters. The summed E-state index contributed by atoms with van der Waals surface area (Å²) in [5.74, 6) is 0.625. The summed E-state index contributed by atoms with van der Waals surface area (Å²) in [5, 5.41) is 12.3. The van der Waals surface area contributed by atoms with Crippen LogP contribution in [0.3, 0.4) is 0 Å². The van der Waals surface area contributed by atoms with Gasteiger partial charge in [-0.15, -0.1) is 0 Å². The second-order valence-corrected chi connectivity index (χ2v) is 5.31. The second kappa shape index (κ2) is 5.91. The van der Waals surface area contributed by atoms with Crippen LogP contribution in [0.4, 0.5) is 24.5 Å². The van der Waals surface area contributed by atoms with Crippen molar-refractivity contribution in [3.63, 3.8) is 0 Å². The molecule has 4 N–H and O–H groups in total. The average molecular weight is 288 g/mol. The number of nitrogens with two attached hydrogens (primary N) is 1. The van der Waals surface area contributed by atoms with Gasteiger partial charge < -0.3 is 16.2 Å². The Kier molecular flexibility index (Phi) is 4.42. The first kappa shape index (κ1) is 15.0. The first-order valence-electron chi connectivity index (χ1n) is 6.73. The fourth-order valence-corrected chi connectivity index (χ4v) is 2.76. The smallest absolute Gasteiger partial charge is 0.397 e. The molecule has 20 heavy (non-hydrogen) atoms. The monoisotopic (exact) mass is 288 g/mol. The van der Waals surface area contributed by atoms with E-state index in [1.54, 1.807) is 0 Å². The van der Waals surface area contributed by atoms with E-state index in [9.17, 15) is 18.3 Å². The highest BCUT2D eigenvalue weighted by Gasteiger charge is 2.31. The first-order chi connectivity index (χ1) is 9.41. The lowest BCUT2D eigenvalue weighted by Crippen LogP contribution is -2.21. The minimum absolute atomic E-state index is 0.0957. The van der Waals surface area contributed by atoms with Crippen LogP contribution in [0.15, 0.2) is 18.2 Å². The second-order valence-electron chi connectivity index (χ2n) is 5.31. The molecule has 0 aliphatic heterocycles. The molecule has 112 valence electrons. The summed E-state index contributed by atoms with van der Waals surface area (Å²) in [7, 11) is 0. The fourth-order valence-electron chi connectivity index (χ4n) is 2.76. The minimum Gasteiger partial charge on any atom is -0.397 e. The van der Waals surface area contributed by atoms with Gasteiger partial charge in [0.15, 0.2) is 0 Å². The molecule has 0 bridgehead atoms. The average Bonchev–Trinajstić information content (AvgIpc) is 2.83. The predicted octanol–water partition coefficient (Wildman–Crippen LogP) is 3.11. The van der Waals surface area contributed by atoms with Crippen molar-refractivity contribution in [2.24, 2.45) is 11.8 Å². The molecule has 0 heterocycles. The summed E-state index contributed by atoms with van der Waals surface area (Å²) in [6.45, 7) is 0.787. The molecule has 0 amide bonds. The maximum atomic E-state index is 12.5. The van der Waals surface area contributed by atoms with Crippen molar-refractivity contribution >= 4 is 11.4 Å². The highest BCUT2D eigenvalue weighted by Crippen LogP contribution is 2.34. The number of hydrogen-bond donors (Lipinski definition) is 3. The molecule has 1 aliphatic carbocycles.